The maximum absolute atomic E-state index is 12.8. The average molecular weight is 353 g/mol. The summed E-state index contributed by atoms with van der Waals surface area (Å²) >= 11 is 3.33. The zero-order chi connectivity index (χ0) is 15.4. The van der Waals surface area contributed by atoms with Crippen LogP contribution in [-0.2, 0) is 12.8 Å². The maximum Gasteiger partial charge on any atom is 0.270 e. The van der Waals surface area contributed by atoms with Crippen molar-refractivity contribution in [1.29, 1.82) is 0 Å². The number of halogens is 2. The molecule has 21 heavy (non-hydrogen) atoms. The summed E-state index contributed by atoms with van der Waals surface area (Å²) in [5.74, 6) is -0.273. The van der Waals surface area contributed by atoms with Crippen LogP contribution >= 0.6 is 15.9 Å². The zero-order valence-corrected chi connectivity index (χ0v) is 12.7. The number of rotatable bonds is 5. The second-order valence-electron chi connectivity index (χ2n) is 4.83. The van der Waals surface area contributed by atoms with Crippen molar-refractivity contribution in [3.8, 4) is 0 Å². The number of benzene rings is 2. The van der Waals surface area contributed by atoms with E-state index in [1.54, 1.807) is 18.2 Å². The fourth-order valence-corrected chi connectivity index (χ4v) is 2.62. The Morgan fingerprint density at radius 1 is 1.19 bits per heavy atom. The Morgan fingerprint density at radius 2 is 1.86 bits per heavy atom. The Labute approximate surface area is 130 Å². The van der Waals surface area contributed by atoms with Crippen LogP contribution in [0.15, 0.2) is 46.9 Å². The lowest BCUT2D eigenvalue weighted by atomic mass is 9.99. The first kappa shape index (κ1) is 15.6. The van der Waals surface area contributed by atoms with Crippen LogP contribution in [0.1, 0.15) is 11.1 Å². The molecule has 2 aromatic carbocycles. The van der Waals surface area contributed by atoms with Gasteiger partial charge in [-0.05, 0) is 36.1 Å². The second kappa shape index (κ2) is 6.78. The van der Waals surface area contributed by atoms with Gasteiger partial charge in [0.2, 0.25) is 0 Å². The molecule has 0 saturated heterocycles. The highest BCUT2D eigenvalue weighted by atomic mass is 79.9. The van der Waals surface area contributed by atoms with E-state index in [4.69, 9.17) is 5.73 Å². The van der Waals surface area contributed by atoms with E-state index < -0.39 is 4.92 Å². The average Bonchev–Trinajstić information content (AvgIpc) is 2.43. The van der Waals surface area contributed by atoms with Crippen molar-refractivity contribution in [2.24, 2.45) is 5.73 Å². The summed E-state index contributed by atoms with van der Waals surface area (Å²) < 4.78 is 13.5. The van der Waals surface area contributed by atoms with Gasteiger partial charge >= 0.3 is 0 Å². The van der Waals surface area contributed by atoms with Gasteiger partial charge in [-0.1, -0.05) is 34.1 Å². The predicted octanol–water partition coefficient (Wildman–Crippen LogP) is 3.61. The van der Waals surface area contributed by atoms with Gasteiger partial charge in [0.05, 0.1) is 4.92 Å². The van der Waals surface area contributed by atoms with Gasteiger partial charge in [0, 0.05) is 22.6 Å². The molecule has 0 aliphatic carbocycles. The van der Waals surface area contributed by atoms with E-state index in [-0.39, 0.29) is 17.5 Å². The molecular weight excluding hydrogens is 339 g/mol. The molecule has 0 aliphatic heterocycles. The van der Waals surface area contributed by atoms with Crippen molar-refractivity contribution < 1.29 is 9.31 Å². The van der Waals surface area contributed by atoms with Crippen LogP contribution in [-0.4, -0.2) is 11.0 Å². The summed E-state index contributed by atoms with van der Waals surface area (Å²) in [6.45, 7) is 0. The Hall–Kier alpha value is -1.79. The van der Waals surface area contributed by atoms with Crippen molar-refractivity contribution in [3.05, 3.63) is 74.0 Å². The summed E-state index contributed by atoms with van der Waals surface area (Å²) in [5, 5.41) is 10.7. The highest BCUT2D eigenvalue weighted by molar-refractivity contribution is 9.10. The number of nitro benzene ring substituents is 1. The largest absolute Gasteiger partial charge is 0.327 e. The number of hydrogen-bond donors (Lipinski definition) is 1. The number of nitrogens with zero attached hydrogens (tertiary/aromatic N) is 1. The lowest BCUT2D eigenvalue weighted by molar-refractivity contribution is -0.384. The Kier molecular flexibility index (Phi) is 5.03. The lowest BCUT2D eigenvalue weighted by Gasteiger charge is -2.13. The van der Waals surface area contributed by atoms with Crippen molar-refractivity contribution in [2.75, 3.05) is 0 Å². The first-order chi connectivity index (χ1) is 9.95. The first-order valence-corrected chi connectivity index (χ1v) is 7.18. The monoisotopic (exact) mass is 352 g/mol. The quantitative estimate of drug-likeness (QED) is 0.660. The molecule has 2 rings (SSSR count). The standard InChI is InChI=1S/C15H14BrFN2O2/c16-15-9-14(19(20)21)6-3-11(15)8-13(18)7-10-1-4-12(17)5-2-10/h1-6,9,13H,7-8,18H2. The third-order valence-corrected chi connectivity index (χ3v) is 3.88. The van der Waals surface area contributed by atoms with E-state index >= 15 is 0 Å². The highest BCUT2D eigenvalue weighted by Crippen LogP contribution is 2.24. The summed E-state index contributed by atoms with van der Waals surface area (Å²) in [6.07, 6.45) is 1.19. The van der Waals surface area contributed by atoms with Crippen LogP contribution in [0.2, 0.25) is 0 Å². The van der Waals surface area contributed by atoms with Gasteiger partial charge in [0.25, 0.3) is 5.69 Å². The van der Waals surface area contributed by atoms with Crippen molar-refractivity contribution >= 4 is 21.6 Å². The molecule has 0 saturated carbocycles. The van der Waals surface area contributed by atoms with Crippen LogP contribution in [0.4, 0.5) is 10.1 Å². The van der Waals surface area contributed by atoms with E-state index in [2.05, 4.69) is 15.9 Å². The Balaban J connectivity index is 2.04. The van der Waals surface area contributed by atoms with Gasteiger partial charge in [-0.15, -0.1) is 0 Å². The molecule has 0 aromatic heterocycles. The molecule has 0 heterocycles. The normalized spacial score (nSPS) is 12.1. The molecular formula is C15H14BrFN2O2. The highest BCUT2D eigenvalue weighted by Gasteiger charge is 2.12. The molecule has 0 bridgehead atoms. The van der Waals surface area contributed by atoms with Crippen molar-refractivity contribution in [2.45, 2.75) is 18.9 Å². The van der Waals surface area contributed by atoms with E-state index in [0.29, 0.717) is 17.3 Å². The second-order valence-corrected chi connectivity index (χ2v) is 5.68. The first-order valence-electron chi connectivity index (χ1n) is 6.38. The molecule has 2 N–H and O–H groups in total. The molecule has 4 nitrogen and oxygen atoms in total. The van der Waals surface area contributed by atoms with Crippen LogP contribution < -0.4 is 5.73 Å². The van der Waals surface area contributed by atoms with Crippen LogP contribution in [0, 0.1) is 15.9 Å². The molecule has 0 amide bonds. The van der Waals surface area contributed by atoms with Crippen LogP contribution in [0.5, 0.6) is 0 Å². The summed E-state index contributed by atoms with van der Waals surface area (Å²) in [6, 6.07) is 10.7. The number of nitro groups is 1. The van der Waals surface area contributed by atoms with Gasteiger partial charge in [0.15, 0.2) is 0 Å². The van der Waals surface area contributed by atoms with Crippen LogP contribution in [0.3, 0.4) is 0 Å². The van der Waals surface area contributed by atoms with E-state index in [9.17, 15) is 14.5 Å². The van der Waals surface area contributed by atoms with Gasteiger partial charge in [0.1, 0.15) is 5.82 Å². The fourth-order valence-electron chi connectivity index (χ4n) is 2.09. The van der Waals surface area contributed by atoms with E-state index in [1.807, 2.05) is 0 Å². The van der Waals surface area contributed by atoms with Gasteiger partial charge in [-0.2, -0.15) is 0 Å². The summed E-state index contributed by atoms with van der Waals surface area (Å²) in [7, 11) is 0. The Bertz CT molecular complexity index is 647. The number of non-ortho nitro benzene ring substituents is 1. The molecule has 6 heteroatoms. The molecule has 2 aromatic rings. The number of nitrogens with two attached hydrogens (primary N) is 1. The minimum atomic E-state index is -0.438. The minimum Gasteiger partial charge on any atom is -0.327 e. The lowest BCUT2D eigenvalue weighted by Crippen LogP contribution is -2.25. The van der Waals surface area contributed by atoms with E-state index in [0.717, 1.165) is 11.1 Å². The van der Waals surface area contributed by atoms with Crippen LogP contribution in [0.25, 0.3) is 0 Å². The summed E-state index contributed by atoms with van der Waals surface area (Å²) in [4.78, 5) is 10.2. The summed E-state index contributed by atoms with van der Waals surface area (Å²) in [5.41, 5.74) is 8.01. The minimum absolute atomic E-state index is 0.0396. The molecule has 110 valence electrons. The van der Waals surface area contributed by atoms with Crippen molar-refractivity contribution in [1.82, 2.24) is 0 Å². The third-order valence-electron chi connectivity index (χ3n) is 3.14. The fraction of sp³-hybridized carbons (Fsp3) is 0.200. The molecule has 1 atom stereocenters. The Morgan fingerprint density at radius 3 is 2.43 bits per heavy atom. The van der Waals surface area contributed by atoms with Gasteiger partial charge in [-0.3, -0.25) is 10.1 Å². The van der Waals surface area contributed by atoms with Gasteiger partial charge in [-0.25, -0.2) is 4.39 Å². The molecule has 0 aliphatic rings. The predicted molar refractivity (Wildman–Crippen MR) is 82.6 cm³/mol. The van der Waals surface area contributed by atoms with Crippen molar-refractivity contribution in [3.63, 3.8) is 0 Å². The molecule has 0 spiro atoms. The SMILES string of the molecule is NC(Cc1ccc(F)cc1)Cc1ccc([N+](=O)[O-])cc1Br. The zero-order valence-electron chi connectivity index (χ0n) is 11.1. The third kappa shape index (κ3) is 4.34. The molecule has 1 unspecified atom stereocenters. The topological polar surface area (TPSA) is 69.2 Å². The van der Waals surface area contributed by atoms with Gasteiger partial charge < -0.3 is 5.73 Å². The smallest absolute Gasteiger partial charge is 0.270 e. The number of hydrogen-bond acceptors (Lipinski definition) is 3. The molecule has 0 fully saturated rings. The molecule has 0 radical (unpaired) electrons. The van der Waals surface area contributed by atoms with E-state index in [1.165, 1.54) is 24.3 Å². The maximum atomic E-state index is 12.8.